The molecule has 0 spiro atoms. The van der Waals surface area contributed by atoms with E-state index in [0.29, 0.717) is 5.56 Å². The zero-order chi connectivity index (χ0) is 10.6. The molecule has 0 aliphatic heterocycles. The molecule has 0 heterocycles. The smallest absolute Gasteiger partial charge is 0.235 e. The minimum atomic E-state index is -0.587. The van der Waals surface area contributed by atoms with Gasteiger partial charge in [0, 0.05) is 6.08 Å². The first kappa shape index (κ1) is 10.2. The van der Waals surface area contributed by atoms with E-state index in [2.05, 4.69) is 0 Å². The van der Waals surface area contributed by atoms with Gasteiger partial charge in [-0.3, -0.25) is 10.1 Å². The number of halogens is 1. The first-order valence-electron chi connectivity index (χ1n) is 3.78. The lowest BCUT2D eigenvalue weighted by Crippen LogP contribution is -1.88. The molecule has 0 saturated carbocycles. The van der Waals surface area contributed by atoms with Gasteiger partial charge < -0.3 is 4.74 Å². The molecule has 74 valence electrons. The van der Waals surface area contributed by atoms with E-state index < -0.39 is 10.7 Å². The third kappa shape index (κ3) is 2.55. The van der Waals surface area contributed by atoms with Crippen LogP contribution < -0.4 is 4.74 Å². The quantitative estimate of drug-likeness (QED) is 0.550. The van der Waals surface area contributed by atoms with E-state index in [9.17, 15) is 14.5 Å². The number of hydrogen-bond donors (Lipinski definition) is 0. The second-order valence-corrected chi connectivity index (χ2v) is 2.50. The van der Waals surface area contributed by atoms with Crippen molar-refractivity contribution >= 4 is 6.08 Å². The van der Waals surface area contributed by atoms with Gasteiger partial charge in [-0.2, -0.15) is 0 Å². The molecule has 1 aromatic carbocycles. The second kappa shape index (κ2) is 4.36. The normalized spacial score (nSPS) is 10.4. The Labute approximate surface area is 79.8 Å². The maximum absolute atomic E-state index is 12.9. The molecule has 0 unspecified atom stereocenters. The largest absolute Gasteiger partial charge is 0.494 e. The maximum atomic E-state index is 12.9. The summed E-state index contributed by atoms with van der Waals surface area (Å²) < 4.78 is 17.6. The van der Waals surface area contributed by atoms with Crippen LogP contribution in [0, 0.1) is 15.9 Å². The van der Waals surface area contributed by atoms with Gasteiger partial charge in [-0.05, 0) is 17.7 Å². The first-order valence-corrected chi connectivity index (χ1v) is 3.78. The Kier molecular flexibility index (Phi) is 3.17. The fourth-order valence-electron chi connectivity index (χ4n) is 0.927. The van der Waals surface area contributed by atoms with E-state index >= 15 is 0 Å². The van der Waals surface area contributed by atoms with Crippen molar-refractivity contribution in [2.75, 3.05) is 7.11 Å². The summed E-state index contributed by atoms with van der Waals surface area (Å²) in [5.74, 6) is -0.429. The summed E-state index contributed by atoms with van der Waals surface area (Å²) in [5, 5.41) is 10.0. The van der Waals surface area contributed by atoms with Crippen LogP contribution >= 0.6 is 0 Å². The van der Waals surface area contributed by atoms with Crippen LogP contribution in [0.2, 0.25) is 0 Å². The minimum Gasteiger partial charge on any atom is -0.494 e. The molecule has 0 fully saturated rings. The zero-order valence-electron chi connectivity index (χ0n) is 7.44. The molecule has 0 bridgehead atoms. The van der Waals surface area contributed by atoms with Crippen LogP contribution in [0.5, 0.6) is 5.75 Å². The number of nitrogens with zero attached hydrogens (tertiary/aromatic N) is 1. The molecule has 0 aromatic heterocycles. The van der Waals surface area contributed by atoms with Gasteiger partial charge in [0.2, 0.25) is 6.20 Å². The van der Waals surface area contributed by atoms with Crippen molar-refractivity contribution in [1.82, 2.24) is 0 Å². The van der Waals surface area contributed by atoms with E-state index in [-0.39, 0.29) is 5.75 Å². The van der Waals surface area contributed by atoms with Crippen molar-refractivity contribution in [3.63, 3.8) is 0 Å². The van der Waals surface area contributed by atoms with E-state index in [1.54, 1.807) is 0 Å². The van der Waals surface area contributed by atoms with Gasteiger partial charge in [0.15, 0.2) is 11.6 Å². The predicted octanol–water partition coefficient (Wildman–Crippen LogP) is 2.08. The Morgan fingerprint density at radius 3 is 2.86 bits per heavy atom. The fourth-order valence-corrected chi connectivity index (χ4v) is 0.927. The number of hydrogen-bond acceptors (Lipinski definition) is 3. The lowest BCUT2D eigenvalue weighted by atomic mass is 10.2. The first-order chi connectivity index (χ1) is 6.63. The summed E-state index contributed by atoms with van der Waals surface area (Å²) in [6.45, 7) is 0. The van der Waals surface area contributed by atoms with E-state index in [1.807, 2.05) is 0 Å². The third-order valence-corrected chi connectivity index (χ3v) is 1.56. The Balaban J connectivity index is 2.95. The second-order valence-electron chi connectivity index (χ2n) is 2.50. The lowest BCUT2D eigenvalue weighted by molar-refractivity contribution is -0.400. The molecule has 0 atom stereocenters. The van der Waals surface area contributed by atoms with Crippen LogP contribution in [0.15, 0.2) is 24.4 Å². The summed E-state index contributed by atoms with van der Waals surface area (Å²) in [4.78, 5) is 9.42. The van der Waals surface area contributed by atoms with Crippen molar-refractivity contribution in [1.29, 1.82) is 0 Å². The Morgan fingerprint density at radius 1 is 1.57 bits per heavy atom. The highest BCUT2D eigenvalue weighted by atomic mass is 19.1. The van der Waals surface area contributed by atoms with Gasteiger partial charge in [0.05, 0.1) is 12.0 Å². The van der Waals surface area contributed by atoms with Gasteiger partial charge in [-0.25, -0.2) is 4.39 Å². The van der Waals surface area contributed by atoms with Gasteiger partial charge in [0.25, 0.3) is 0 Å². The Bertz CT molecular complexity index is 376. The van der Waals surface area contributed by atoms with Crippen molar-refractivity contribution in [3.8, 4) is 5.75 Å². The average molecular weight is 197 g/mol. The minimum absolute atomic E-state index is 0.0653. The highest BCUT2D eigenvalue weighted by Crippen LogP contribution is 2.18. The van der Waals surface area contributed by atoms with E-state index in [4.69, 9.17) is 4.74 Å². The molecule has 0 radical (unpaired) electrons. The zero-order valence-corrected chi connectivity index (χ0v) is 7.44. The van der Waals surface area contributed by atoms with Crippen molar-refractivity contribution in [3.05, 3.63) is 45.9 Å². The molecule has 0 aliphatic rings. The van der Waals surface area contributed by atoms with Crippen LogP contribution in [-0.4, -0.2) is 12.0 Å². The summed E-state index contributed by atoms with van der Waals surface area (Å²) in [6.07, 6.45) is 2.05. The number of methoxy groups -OCH3 is 1. The SMILES string of the molecule is COc1cc(/C=C\[N+](=O)[O-])ccc1F. The molecule has 5 heteroatoms. The van der Waals surface area contributed by atoms with Crippen LogP contribution in [-0.2, 0) is 0 Å². The monoisotopic (exact) mass is 197 g/mol. The number of rotatable bonds is 3. The average Bonchev–Trinajstić information content (AvgIpc) is 2.16. The van der Waals surface area contributed by atoms with Crippen LogP contribution in [0.1, 0.15) is 5.56 Å². The molecule has 1 rings (SSSR count). The molecule has 4 nitrogen and oxygen atoms in total. The van der Waals surface area contributed by atoms with Crippen LogP contribution in [0.3, 0.4) is 0 Å². The van der Waals surface area contributed by atoms with Gasteiger partial charge >= 0.3 is 0 Å². The third-order valence-electron chi connectivity index (χ3n) is 1.56. The van der Waals surface area contributed by atoms with Gasteiger partial charge in [-0.15, -0.1) is 0 Å². The molecule has 0 amide bonds. The Morgan fingerprint density at radius 2 is 2.29 bits per heavy atom. The summed E-state index contributed by atoms with van der Waals surface area (Å²) in [7, 11) is 1.33. The highest BCUT2D eigenvalue weighted by Gasteiger charge is 2.01. The van der Waals surface area contributed by atoms with Gasteiger partial charge in [0.1, 0.15) is 0 Å². The van der Waals surface area contributed by atoms with Crippen molar-refractivity contribution < 1.29 is 14.1 Å². The lowest BCUT2D eigenvalue weighted by Gasteiger charge is -2.01. The van der Waals surface area contributed by atoms with Crippen LogP contribution in [0.4, 0.5) is 4.39 Å². The van der Waals surface area contributed by atoms with Crippen molar-refractivity contribution in [2.24, 2.45) is 0 Å². The number of benzene rings is 1. The molecule has 0 saturated heterocycles. The molecule has 0 aliphatic carbocycles. The highest BCUT2D eigenvalue weighted by molar-refractivity contribution is 5.50. The number of ether oxygens (including phenoxy) is 1. The van der Waals surface area contributed by atoms with Gasteiger partial charge in [-0.1, -0.05) is 6.07 Å². The maximum Gasteiger partial charge on any atom is 0.235 e. The van der Waals surface area contributed by atoms with E-state index in [1.165, 1.54) is 31.4 Å². The topological polar surface area (TPSA) is 52.4 Å². The fraction of sp³-hybridized carbons (Fsp3) is 0.111. The van der Waals surface area contributed by atoms with Crippen molar-refractivity contribution in [2.45, 2.75) is 0 Å². The molecule has 1 aromatic rings. The standard InChI is InChI=1S/C9H8FNO3/c1-14-9-6-7(2-3-8(9)10)4-5-11(12)13/h2-6H,1H3/b5-4-. The Hall–Kier alpha value is -1.91. The molecule has 14 heavy (non-hydrogen) atoms. The van der Waals surface area contributed by atoms with E-state index in [0.717, 1.165) is 6.20 Å². The summed E-state index contributed by atoms with van der Waals surface area (Å²) >= 11 is 0. The molecular formula is C9H8FNO3. The summed E-state index contributed by atoms with van der Waals surface area (Å²) in [6, 6.07) is 4.01. The summed E-state index contributed by atoms with van der Waals surface area (Å²) in [5.41, 5.74) is 0.514. The predicted molar refractivity (Wildman–Crippen MR) is 49.0 cm³/mol. The molecule has 0 N–H and O–H groups in total. The van der Waals surface area contributed by atoms with Crippen LogP contribution in [0.25, 0.3) is 6.08 Å². The number of nitro groups is 1. The molecular weight excluding hydrogens is 189 g/mol.